The van der Waals surface area contributed by atoms with Gasteiger partial charge in [-0.1, -0.05) is 30.3 Å². The Balaban J connectivity index is 1.74. The van der Waals surface area contributed by atoms with E-state index in [-0.39, 0.29) is 11.9 Å². The molecular formula is C24H32N2O3. The van der Waals surface area contributed by atoms with Crippen LogP contribution in [0, 0.1) is 0 Å². The van der Waals surface area contributed by atoms with Crippen molar-refractivity contribution in [2.75, 3.05) is 20.3 Å². The average molecular weight is 397 g/mol. The van der Waals surface area contributed by atoms with Crippen LogP contribution in [0.25, 0.3) is 0 Å². The lowest BCUT2D eigenvalue weighted by molar-refractivity contribution is -0.119. The Labute approximate surface area is 174 Å². The van der Waals surface area contributed by atoms with Gasteiger partial charge in [0.15, 0.2) is 11.5 Å². The topological polar surface area (TPSA) is 50.8 Å². The van der Waals surface area contributed by atoms with Crippen molar-refractivity contribution in [2.45, 2.75) is 52.7 Å². The number of amides is 1. The van der Waals surface area contributed by atoms with Gasteiger partial charge in [-0.2, -0.15) is 0 Å². The van der Waals surface area contributed by atoms with Crippen molar-refractivity contribution in [2.24, 2.45) is 0 Å². The molecule has 2 atom stereocenters. The zero-order valence-corrected chi connectivity index (χ0v) is 18.1. The fourth-order valence-electron chi connectivity index (χ4n) is 4.16. The molecule has 0 aliphatic carbocycles. The number of benzene rings is 2. The molecule has 1 N–H and O–H groups in total. The van der Waals surface area contributed by atoms with E-state index in [0.717, 1.165) is 36.6 Å². The third kappa shape index (κ3) is 4.73. The number of rotatable bonds is 7. The van der Waals surface area contributed by atoms with Crippen molar-refractivity contribution < 1.29 is 14.3 Å². The van der Waals surface area contributed by atoms with E-state index < -0.39 is 0 Å². The SMILES string of the molecule is CCOc1ccc2c(c1OC)CCN(Cc1ccc([C@H](C)NC(C)=O)cc1)C2C. The van der Waals surface area contributed by atoms with Crippen LogP contribution >= 0.6 is 0 Å². The average Bonchev–Trinajstić information content (AvgIpc) is 2.70. The molecule has 1 amide bonds. The summed E-state index contributed by atoms with van der Waals surface area (Å²) in [6.45, 7) is 10.3. The molecule has 2 aromatic carbocycles. The number of carbonyl (C=O) groups is 1. The Bertz CT molecular complexity index is 848. The fraction of sp³-hybridized carbons (Fsp3) is 0.458. The first-order valence-electron chi connectivity index (χ1n) is 10.4. The highest BCUT2D eigenvalue weighted by Crippen LogP contribution is 2.41. The molecule has 1 unspecified atom stereocenters. The van der Waals surface area contributed by atoms with Crippen LogP contribution < -0.4 is 14.8 Å². The summed E-state index contributed by atoms with van der Waals surface area (Å²) in [7, 11) is 1.72. The zero-order chi connectivity index (χ0) is 21.0. The second-order valence-electron chi connectivity index (χ2n) is 7.66. The van der Waals surface area contributed by atoms with Crippen LogP contribution in [0.3, 0.4) is 0 Å². The third-order valence-corrected chi connectivity index (χ3v) is 5.70. The minimum absolute atomic E-state index is 0.00898. The van der Waals surface area contributed by atoms with Crippen molar-refractivity contribution in [3.8, 4) is 11.5 Å². The van der Waals surface area contributed by atoms with Crippen LogP contribution in [0.2, 0.25) is 0 Å². The van der Waals surface area contributed by atoms with Gasteiger partial charge >= 0.3 is 0 Å². The number of carbonyl (C=O) groups excluding carboxylic acids is 1. The van der Waals surface area contributed by atoms with Gasteiger partial charge in [-0.15, -0.1) is 0 Å². The van der Waals surface area contributed by atoms with Crippen LogP contribution in [0.15, 0.2) is 36.4 Å². The van der Waals surface area contributed by atoms with E-state index in [9.17, 15) is 4.79 Å². The summed E-state index contributed by atoms with van der Waals surface area (Å²) in [5, 5.41) is 2.93. The molecule has 0 aromatic heterocycles. The first-order valence-corrected chi connectivity index (χ1v) is 10.4. The van der Waals surface area contributed by atoms with Crippen molar-refractivity contribution >= 4 is 5.91 Å². The Morgan fingerprint density at radius 1 is 1.24 bits per heavy atom. The van der Waals surface area contributed by atoms with Crippen LogP contribution in [0.1, 0.15) is 62.0 Å². The second-order valence-corrected chi connectivity index (χ2v) is 7.66. The number of hydrogen-bond donors (Lipinski definition) is 1. The number of nitrogens with zero attached hydrogens (tertiary/aromatic N) is 1. The molecule has 0 bridgehead atoms. The minimum Gasteiger partial charge on any atom is -0.493 e. The van der Waals surface area contributed by atoms with Gasteiger partial charge in [0, 0.05) is 31.6 Å². The maximum Gasteiger partial charge on any atom is 0.217 e. The molecule has 0 saturated heterocycles. The molecule has 0 spiro atoms. The van der Waals surface area contributed by atoms with E-state index in [4.69, 9.17) is 9.47 Å². The largest absolute Gasteiger partial charge is 0.493 e. The van der Waals surface area contributed by atoms with E-state index in [2.05, 4.69) is 47.5 Å². The summed E-state index contributed by atoms with van der Waals surface area (Å²) < 4.78 is 11.4. The van der Waals surface area contributed by atoms with Gasteiger partial charge < -0.3 is 14.8 Å². The van der Waals surface area contributed by atoms with Crippen LogP contribution in [-0.2, 0) is 17.8 Å². The first kappa shape index (κ1) is 21.2. The summed E-state index contributed by atoms with van der Waals surface area (Å²) in [6.07, 6.45) is 0.946. The molecule has 1 aliphatic heterocycles. The zero-order valence-electron chi connectivity index (χ0n) is 18.1. The molecule has 3 rings (SSSR count). The lowest BCUT2D eigenvalue weighted by atomic mass is 9.91. The molecule has 156 valence electrons. The quantitative estimate of drug-likeness (QED) is 0.753. The molecule has 0 radical (unpaired) electrons. The number of fused-ring (bicyclic) bond motifs is 1. The van der Waals surface area contributed by atoms with Crippen molar-refractivity contribution in [3.63, 3.8) is 0 Å². The number of methoxy groups -OCH3 is 1. The number of hydrogen-bond acceptors (Lipinski definition) is 4. The van der Waals surface area contributed by atoms with E-state index >= 15 is 0 Å². The highest BCUT2D eigenvalue weighted by atomic mass is 16.5. The van der Waals surface area contributed by atoms with Crippen molar-refractivity contribution in [3.05, 3.63) is 58.7 Å². The van der Waals surface area contributed by atoms with Gasteiger partial charge in [-0.05, 0) is 49.9 Å². The Kier molecular flexibility index (Phi) is 6.80. The maximum absolute atomic E-state index is 11.3. The predicted octanol–water partition coefficient (Wildman–Crippen LogP) is 4.41. The molecule has 5 nitrogen and oxygen atoms in total. The Hall–Kier alpha value is -2.53. The molecule has 0 fully saturated rings. The van der Waals surface area contributed by atoms with Crippen LogP contribution in [-0.4, -0.2) is 31.1 Å². The lowest BCUT2D eigenvalue weighted by Gasteiger charge is -2.36. The second kappa shape index (κ2) is 9.31. The lowest BCUT2D eigenvalue weighted by Crippen LogP contribution is -2.33. The molecule has 0 saturated carbocycles. The smallest absolute Gasteiger partial charge is 0.217 e. The third-order valence-electron chi connectivity index (χ3n) is 5.70. The van der Waals surface area contributed by atoms with E-state index in [0.29, 0.717) is 12.6 Å². The maximum atomic E-state index is 11.3. The van der Waals surface area contributed by atoms with E-state index in [1.807, 2.05) is 19.9 Å². The summed E-state index contributed by atoms with van der Waals surface area (Å²) in [5.41, 5.74) is 4.97. The highest BCUT2D eigenvalue weighted by Gasteiger charge is 2.27. The Morgan fingerprint density at radius 2 is 1.97 bits per heavy atom. The van der Waals surface area contributed by atoms with E-state index in [1.165, 1.54) is 16.7 Å². The molecular weight excluding hydrogens is 364 g/mol. The van der Waals surface area contributed by atoms with Crippen molar-refractivity contribution in [1.29, 1.82) is 0 Å². The summed E-state index contributed by atoms with van der Waals surface area (Å²) in [6, 6.07) is 13.1. The normalized spacial score (nSPS) is 17.3. The molecule has 2 aromatic rings. The summed E-state index contributed by atoms with van der Waals surface area (Å²) in [5.74, 6) is 1.70. The molecule has 1 aliphatic rings. The highest BCUT2D eigenvalue weighted by molar-refractivity contribution is 5.73. The predicted molar refractivity (Wildman–Crippen MR) is 115 cm³/mol. The summed E-state index contributed by atoms with van der Waals surface area (Å²) >= 11 is 0. The number of nitrogens with one attached hydrogen (secondary N) is 1. The Morgan fingerprint density at radius 3 is 2.59 bits per heavy atom. The fourth-order valence-corrected chi connectivity index (χ4v) is 4.16. The van der Waals surface area contributed by atoms with Gasteiger partial charge in [-0.25, -0.2) is 0 Å². The first-order chi connectivity index (χ1) is 13.9. The van der Waals surface area contributed by atoms with Crippen LogP contribution in [0.5, 0.6) is 11.5 Å². The molecule has 29 heavy (non-hydrogen) atoms. The van der Waals surface area contributed by atoms with Gasteiger partial charge in [-0.3, -0.25) is 9.69 Å². The van der Waals surface area contributed by atoms with E-state index in [1.54, 1.807) is 14.0 Å². The molecule has 1 heterocycles. The monoisotopic (exact) mass is 396 g/mol. The van der Waals surface area contributed by atoms with Crippen molar-refractivity contribution in [1.82, 2.24) is 10.2 Å². The number of ether oxygens (including phenoxy) is 2. The molecule has 5 heteroatoms. The van der Waals surface area contributed by atoms with Crippen LogP contribution in [0.4, 0.5) is 0 Å². The van der Waals surface area contributed by atoms with Gasteiger partial charge in [0.05, 0.1) is 19.8 Å². The van der Waals surface area contributed by atoms with Gasteiger partial charge in [0.2, 0.25) is 5.91 Å². The minimum atomic E-state index is -0.00898. The van der Waals surface area contributed by atoms with Gasteiger partial charge in [0.1, 0.15) is 0 Å². The standard InChI is InChI=1S/C24H32N2O3/c1-6-29-23-12-11-21-17(3)26(14-13-22(21)24(23)28-5)15-19-7-9-20(10-8-19)16(2)25-18(4)27/h7-12,16-17H,6,13-15H2,1-5H3,(H,25,27)/t16-,17?/m0/s1. The summed E-state index contributed by atoms with van der Waals surface area (Å²) in [4.78, 5) is 13.8. The van der Waals surface area contributed by atoms with Gasteiger partial charge in [0.25, 0.3) is 0 Å².